The van der Waals surface area contributed by atoms with Gasteiger partial charge in [-0.2, -0.15) is 20.4 Å². The lowest BCUT2D eigenvalue weighted by Gasteiger charge is -1.83. The van der Waals surface area contributed by atoms with Gasteiger partial charge in [0.25, 0.3) is 0 Å². The molecule has 0 saturated carbocycles. The van der Waals surface area contributed by atoms with E-state index >= 15 is 0 Å². The molecule has 0 amide bonds. The third-order valence-electron chi connectivity index (χ3n) is 0.827. The predicted molar refractivity (Wildman–Crippen MR) is 40.8 cm³/mol. The highest BCUT2D eigenvalue weighted by Gasteiger charge is 1.83. The molecule has 0 rings (SSSR count). The van der Waals surface area contributed by atoms with E-state index in [1.165, 1.54) is 0 Å². The lowest BCUT2D eigenvalue weighted by atomic mass is 10.2. The Morgan fingerprint density at radius 2 is 1.22 bits per heavy atom. The maximum atomic E-state index is 8.03. The molecule has 0 bridgehead atoms. The molecule has 0 aliphatic heterocycles. The summed E-state index contributed by atoms with van der Waals surface area (Å²) in [7, 11) is 0. The number of nitrogens with zero attached hydrogens (tertiary/aromatic N) is 2. The van der Waals surface area contributed by atoms with Crippen LogP contribution >= 0.6 is 9.90 Å². The van der Waals surface area contributed by atoms with Crippen molar-refractivity contribution in [1.82, 2.24) is 0 Å². The fraction of sp³-hybridized carbons (Fsp3) is 0.667. The monoisotopic (exact) mass is 142 g/mol. The van der Waals surface area contributed by atoms with Crippen LogP contribution < -0.4 is 0 Å². The van der Waals surface area contributed by atoms with Crippen LogP contribution in [0.1, 0.15) is 25.7 Å². The van der Waals surface area contributed by atoms with Crippen LogP contribution in [0.3, 0.4) is 0 Å². The minimum absolute atomic E-state index is 0. The first-order valence-corrected chi connectivity index (χ1v) is 2.65. The first-order valence-electron chi connectivity index (χ1n) is 2.65. The molecule has 3 heteroatoms. The number of hydrogen-bond acceptors (Lipinski definition) is 2. The van der Waals surface area contributed by atoms with Gasteiger partial charge in [0.1, 0.15) is 0 Å². The quantitative estimate of drug-likeness (QED) is 0.444. The molecule has 0 saturated heterocycles. The number of unbranched alkanes of at least 4 members (excludes halogenated alkanes) is 3. The van der Waals surface area contributed by atoms with Gasteiger partial charge in [-0.3, -0.25) is 0 Å². The molecule has 0 spiro atoms. The van der Waals surface area contributed by atoms with Crippen LogP contribution in [0.2, 0.25) is 0 Å². The molecule has 2 nitrogen and oxygen atoms in total. The average Bonchev–Trinajstić information content (AvgIpc) is 1.81. The van der Waals surface area contributed by atoms with Crippen molar-refractivity contribution in [3.63, 3.8) is 0 Å². The van der Waals surface area contributed by atoms with Gasteiger partial charge in [0.15, 0.2) is 0 Å². The fourth-order valence-electron chi connectivity index (χ4n) is 0.408. The number of rotatable bonds is 3. The Morgan fingerprint density at radius 1 is 0.889 bits per heavy atom. The van der Waals surface area contributed by atoms with Gasteiger partial charge >= 0.3 is 0 Å². The summed E-state index contributed by atoms with van der Waals surface area (Å²) < 4.78 is 0. The minimum Gasteiger partial charge on any atom is -0.198 e. The van der Waals surface area contributed by atoms with Crippen LogP contribution in [0.15, 0.2) is 0 Å². The topological polar surface area (TPSA) is 47.6 Å². The number of hydrogen-bond donors (Lipinski definition) is 0. The molecule has 0 N–H and O–H groups in total. The molecule has 0 aliphatic carbocycles. The smallest absolute Gasteiger partial charge is 0.0621 e. The fourth-order valence-corrected chi connectivity index (χ4v) is 0.408. The molecule has 1 atom stereocenters. The standard InChI is InChI=1S/C6H8N2.H3P/c7-5-3-1-2-4-6-8;/h1-4H2;1H3. The van der Waals surface area contributed by atoms with E-state index in [1.807, 2.05) is 12.1 Å². The highest BCUT2D eigenvalue weighted by molar-refractivity contribution is 6.92. The molecule has 0 aromatic heterocycles. The second-order valence-corrected chi connectivity index (χ2v) is 1.52. The van der Waals surface area contributed by atoms with Crippen LogP contribution in [-0.4, -0.2) is 0 Å². The SMILES string of the molecule is N#CCCCCC#N.P. The highest BCUT2D eigenvalue weighted by Crippen LogP contribution is 1.95. The van der Waals surface area contributed by atoms with Crippen LogP contribution in [0.5, 0.6) is 0 Å². The largest absolute Gasteiger partial charge is 0.198 e. The van der Waals surface area contributed by atoms with Crippen LogP contribution in [0, 0.1) is 22.7 Å². The zero-order valence-corrected chi connectivity index (χ0v) is 6.84. The van der Waals surface area contributed by atoms with E-state index in [2.05, 4.69) is 0 Å². The summed E-state index contributed by atoms with van der Waals surface area (Å²) in [6.45, 7) is 0. The van der Waals surface area contributed by atoms with Crippen molar-refractivity contribution >= 4 is 9.90 Å². The highest BCUT2D eigenvalue weighted by atomic mass is 31.0. The van der Waals surface area contributed by atoms with Crippen molar-refractivity contribution in [2.45, 2.75) is 25.7 Å². The van der Waals surface area contributed by atoms with Crippen molar-refractivity contribution < 1.29 is 0 Å². The summed E-state index contributed by atoms with van der Waals surface area (Å²) in [5.74, 6) is 0. The summed E-state index contributed by atoms with van der Waals surface area (Å²) in [6.07, 6.45) is 2.90. The molecule has 0 aromatic carbocycles. The molecule has 0 fully saturated rings. The molecule has 50 valence electrons. The van der Waals surface area contributed by atoms with Crippen LogP contribution in [0.25, 0.3) is 0 Å². The van der Waals surface area contributed by atoms with E-state index < -0.39 is 0 Å². The first kappa shape index (κ1) is 11.2. The summed E-state index contributed by atoms with van der Waals surface area (Å²) in [5, 5.41) is 16.1. The lowest BCUT2D eigenvalue weighted by molar-refractivity contribution is 0.773. The van der Waals surface area contributed by atoms with Gasteiger partial charge in [-0.15, -0.1) is 0 Å². The number of nitriles is 2. The second kappa shape index (κ2) is 10.4. The van der Waals surface area contributed by atoms with Crippen LogP contribution in [0.4, 0.5) is 0 Å². The van der Waals surface area contributed by atoms with Crippen molar-refractivity contribution in [2.75, 3.05) is 0 Å². The van der Waals surface area contributed by atoms with E-state index in [4.69, 9.17) is 10.5 Å². The maximum absolute atomic E-state index is 8.03. The third-order valence-corrected chi connectivity index (χ3v) is 0.827. The average molecular weight is 142 g/mol. The molecule has 0 heterocycles. The maximum Gasteiger partial charge on any atom is 0.0621 e. The molecule has 1 unspecified atom stereocenters. The van der Waals surface area contributed by atoms with E-state index in [0.29, 0.717) is 12.8 Å². The van der Waals surface area contributed by atoms with Crippen molar-refractivity contribution in [2.24, 2.45) is 0 Å². The molecular formula is C6H11N2P. The zero-order valence-electron chi connectivity index (χ0n) is 5.43. The predicted octanol–water partition coefficient (Wildman–Crippen LogP) is 1.65. The first-order chi connectivity index (χ1) is 3.91. The van der Waals surface area contributed by atoms with Gasteiger partial charge < -0.3 is 0 Å². The zero-order chi connectivity index (χ0) is 6.24. The Hall–Kier alpha value is -0.590. The summed E-state index contributed by atoms with van der Waals surface area (Å²) in [6, 6.07) is 4.03. The summed E-state index contributed by atoms with van der Waals surface area (Å²) >= 11 is 0. The molecule has 0 aliphatic rings. The Morgan fingerprint density at radius 3 is 1.44 bits per heavy atom. The van der Waals surface area contributed by atoms with Crippen molar-refractivity contribution in [1.29, 1.82) is 10.5 Å². The van der Waals surface area contributed by atoms with Crippen LogP contribution in [-0.2, 0) is 0 Å². The molecule has 9 heavy (non-hydrogen) atoms. The molecule has 0 aromatic rings. The van der Waals surface area contributed by atoms with E-state index in [0.717, 1.165) is 12.8 Å². The van der Waals surface area contributed by atoms with Gasteiger partial charge in [-0.1, -0.05) is 0 Å². The summed E-state index contributed by atoms with van der Waals surface area (Å²) in [4.78, 5) is 0. The van der Waals surface area contributed by atoms with E-state index in [1.54, 1.807) is 0 Å². The minimum atomic E-state index is 0. The normalized spacial score (nSPS) is 6.44. The van der Waals surface area contributed by atoms with Gasteiger partial charge in [0, 0.05) is 12.8 Å². The lowest BCUT2D eigenvalue weighted by Crippen LogP contribution is -1.70. The van der Waals surface area contributed by atoms with Gasteiger partial charge in [-0.25, -0.2) is 0 Å². The third kappa shape index (κ3) is 11.2. The Labute approximate surface area is 59.1 Å². The van der Waals surface area contributed by atoms with Gasteiger partial charge in [0.05, 0.1) is 12.1 Å². The molecule has 0 radical (unpaired) electrons. The van der Waals surface area contributed by atoms with Crippen molar-refractivity contribution in [3.8, 4) is 12.1 Å². The Balaban J connectivity index is 0. The second-order valence-electron chi connectivity index (χ2n) is 1.52. The van der Waals surface area contributed by atoms with Crippen molar-refractivity contribution in [3.05, 3.63) is 0 Å². The van der Waals surface area contributed by atoms with E-state index in [-0.39, 0.29) is 9.90 Å². The van der Waals surface area contributed by atoms with E-state index in [9.17, 15) is 0 Å². The van der Waals surface area contributed by atoms with Gasteiger partial charge in [0.2, 0.25) is 0 Å². The summed E-state index contributed by atoms with van der Waals surface area (Å²) in [5.41, 5.74) is 0. The Kier molecular flexibility index (Phi) is 13.0. The van der Waals surface area contributed by atoms with Gasteiger partial charge in [-0.05, 0) is 12.8 Å². The molecular weight excluding hydrogens is 131 g/mol. The Bertz CT molecular complexity index is 104.